The van der Waals surface area contributed by atoms with Gasteiger partial charge >= 0.3 is 6.18 Å². The molecule has 10 heteroatoms. The summed E-state index contributed by atoms with van der Waals surface area (Å²) in [6.45, 7) is 0. The fourth-order valence-electron chi connectivity index (χ4n) is 1.84. The summed E-state index contributed by atoms with van der Waals surface area (Å²) in [5.41, 5.74) is 11.1. The van der Waals surface area contributed by atoms with Gasteiger partial charge in [-0.1, -0.05) is 12.1 Å². The molecule has 0 radical (unpaired) electrons. The van der Waals surface area contributed by atoms with Crippen molar-refractivity contribution in [3.63, 3.8) is 0 Å². The van der Waals surface area contributed by atoms with Gasteiger partial charge in [-0.05, 0) is 12.1 Å². The van der Waals surface area contributed by atoms with Crippen LogP contribution in [0.5, 0.6) is 0 Å². The predicted molar refractivity (Wildman–Crippen MR) is 68.3 cm³/mol. The number of aromatic nitrogens is 5. The average Bonchev–Trinajstić information content (AvgIpc) is 2.75. The quantitative estimate of drug-likeness (QED) is 0.702. The molecule has 0 saturated carbocycles. The molecular weight excluding hydrogens is 287 g/mol. The van der Waals surface area contributed by atoms with Gasteiger partial charge in [0.1, 0.15) is 0 Å². The second-order valence-electron chi connectivity index (χ2n) is 4.13. The monoisotopic (exact) mass is 295 g/mol. The Hall–Kier alpha value is -2.91. The molecule has 0 bridgehead atoms. The molecule has 0 saturated heterocycles. The molecule has 108 valence electrons. The highest BCUT2D eigenvalue weighted by atomic mass is 19.4. The Morgan fingerprint density at radius 3 is 2.33 bits per heavy atom. The van der Waals surface area contributed by atoms with Crippen molar-refractivity contribution in [1.29, 1.82) is 0 Å². The number of nitrogens with zero attached hydrogens (tertiary/aromatic N) is 5. The van der Waals surface area contributed by atoms with Gasteiger partial charge in [-0.15, -0.1) is 5.10 Å². The molecule has 0 aliphatic rings. The standard InChI is InChI=1S/C11H8F3N7/c12-11(13,14)8-17-6-4-2-1-3-5(6)7(18-8)21-10(16)19-9(15)20-21/h1-4H,(H4,15,16,19,20). The minimum atomic E-state index is -4.69. The van der Waals surface area contributed by atoms with Crippen LogP contribution >= 0.6 is 0 Å². The number of hydrogen-bond acceptors (Lipinski definition) is 6. The summed E-state index contributed by atoms with van der Waals surface area (Å²) in [7, 11) is 0. The van der Waals surface area contributed by atoms with E-state index in [0.717, 1.165) is 4.68 Å². The molecule has 0 aliphatic heterocycles. The number of nitrogens with two attached hydrogens (primary N) is 2. The summed E-state index contributed by atoms with van der Waals surface area (Å²) in [6, 6.07) is 6.20. The lowest BCUT2D eigenvalue weighted by molar-refractivity contribution is -0.144. The third kappa shape index (κ3) is 2.20. The molecule has 0 fully saturated rings. The highest BCUT2D eigenvalue weighted by molar-refractivity contribution is 5.85. The Morgan fingerprint density at radius 2 is 1.71 bits per heavy atom. The van der Waals surface area contributed by atoms with E-state index < -0.39 is 12.0 Å². The molecule has 0 amide bonds. The molecule has 4 N–H and O–H groups in total. The van der Waals surface area contributed by atoms with Crippen molar-refractivity contribution in [2.45, 2.75) is 6.18 Å². The van der Waals surface area contributed by atoms with Crippen LogP contribution in [0.15, 0.2) is 24.3 Å². The molecule has 21 heavy (non-hydrogen) atoms. The molecule has 2 aromatic heterocycles. The van der Waals surface area contributed by atoms with E-state index in [9.17, 15) is 13.2 Å². The van der Waals surface area contributed by atoms with E-state index in [1.165, 1.54) is 6.07 Å². The van der Waals surface area contributed by atoms with Crippen LogP contribution in [0.2, 0.25) is 0 Å². The number of benzene rings is 1. The number of nitrogen functional groups attached to an aromatic ring is 2. The fourth-order valence-corrected chi connectivity index (χ4v) is 1.84. The SMILES string of the molecule is Nc1nc(N)n(-c2nc(C(F)(F)F)nc3ccccc23)n1. The summed E-state index contributed by atoms with van der Waals surface area (Å²) in [6.07, 6.45) is -4.69. The largest absolute Gasteiger partial charge is 0.451 e. The van der Waals surface area contributed by atoms with Gasteiger partial charge in [-0.3, -0.25) is 0 Å². The van der Waals surface area contributed by atoms with E-state index in [4.69, 9.17) is 11.5 Å². The molecule has 0 atom stereocenters. The van der Waals surface area contributed by atoms with E-state index in [2.05, 4.69) is 20.1 Å². The molecule has 3 aromatic rings. The highest BCUT2D eigenvalue weighted by Gasteiger charge is 2.36. The molecule has 1 aromatic carbocycles. The molecule has 0 spiro atoms. The van der Waals surface area contributed by atoms with Crippen molar-refractivity contribution in [3.05, 3.63) is 30.1 Å². The minimum Gasteiger partial charge on any atom is -0.368 e. The Kier molecular flexibility index (Phi) is 2.68. The lowest BCUT2D eigenvalue weighted by atomic mass is 10.2. The second-order valence-corrected chi connectivity index (χ2v) is 4.13. The topological polar surface area (TPSA) is 109 Å². The van der Waals surface area contributed by atoms with Crippen molar-refractivity contribution >= 4 is 22.8 Å². The first-order valence-electron chi connectivity index (χ1n) is 5.68. The first kappa shape index (κ1) is 13.1. The summed E-state index contributed by atoms with van der Waals surface area (Å²) in [5.74, 6) is -1.74. The number of alkyl halides is 3. The molecule has 3 rings (SSSR count). The predicted octanol–water partition coefficient (Wildman–Crippen LogP) is 1.39. The van der Waals surface area contributed by atoms with Crippen LogP contribution in [-0.4, -0.2) is 24.7 Å². The molecule has 0 aliphatic carbocycles. The van der Waals surface area contributed by atoms with Crippen molar-refractivity contribution in [1.82, 2.24) is 24.7 Å². The van der Waals surface area contributed by atoms with Gasteiger partial charge in [0.05, 0.1) is 5.52 Å². The molecular formula is C11H8F3N7. The maximum atomic E-state index is 12.9. The van der Waals surface area contributed by atoms with Gasteiger partial charge in [-0.25, -0.2) is 9.97 Å². The van der Waals surface area contributed by atoms with Crippen LogP contribution in [-0.2, 0) is 6.18 Å². The van der Waals surface area contributed by atoms with Gasteiger partial charge in [0, 0.05) is 5.39 Å². The molecule has 2 heterocycles. The minimum absolute atomic E-state index is 0.114. The third-order valence-corrected chi connectivity index (χ3v) is 2.69. The summed E-state index contributed by atoms with van der Waals surface area (Å²) < 4.78 is 39.6. The van der Waals surface area contributed by atoms with Crippen LogP contribution in [0.25, 0.3) is 16.7 Å². The van der Waals surface area contributed by atoms with Gasteiger partial charge in [-0.2, -0.15) is 22.8 Å². The van der Waals surface area contributed by atoms with Gasteiger partial charge in [0.15, 0.2) is 5.82 Å². The van der Waals surface area contributed by atoms with E-state index in [1.54, 1.807) is 18.2 Å². The number of fused-ring (bicyclic) bond motifs is 1. The fraction of sp³-hybridized carbons (Fsp3) is 0.0909. The Morgan fingerprint density at radius 1 is 1.00 bits per heavy atom. The van der Waals surface area contributed by atoms with Crippen LogP contribution in [0, 0.1) is 0 Å². The molecule has 0 unspecified atom stereocenters. The van der Waals surface area contributed by atoms with Crippen LogP contribution < -0.4 is 11.5 Å². The lowest BCUT2D eigenvalue weighted by Gasteiger charge is -2.10. The summed E-state index contributed by atoms with van der Waals surface area (Å²) in [4.78, 5) is 10.7. The van der Waals surface area contributed by atoms with Crippen molar-refractivity contribution in [2.75, 3.05) is 11.5 Å². The average molecular weight is 295 g/mol. The second kappa shape index (κ2) is 4.30. The van der Waals surface area contributed by atoms with Crippen LogP contribution in [0.4, 0.5) is 25.1 Å². The zero-order chi connectivity index (χ0) is 15.2. The number of halogens is 3. The van der Waals surface area contributed by atoms with Crippen molar-refractivity contribution < 1.29 is 13.2 Å². The van der Waals surface area contributed by atoms with Gasteiger partial charge in [0.2, 0.25) is 17.7 Å². The van der Waals surface area contributed by atoms with E-state index >= 15 is 0 Å². The number of hydrogen-bond donors (Lipinski definition) is 2. The number of para-hydroxylation sites is 1. The zero-order valence-electron chi connectivity index (χ0n) is 10.3. The lowest BCUT2D eigenvalue weighted by Crippen LogP contribution is -2.15. The number of rotatable bonds is 1. The summed E-state index contributed by atoms with van der Waals surface area (Å²) >= 11 is 0. The Labute approximate surface area is 115 Å². The third-order valence-electron chi connectivity index (χ3n) is 2.69. The van der Waals surface area contributed by atoms with E-state index in [-0.39, 0.29) is 23.2 Å². The van der Waals surface area contributed by atoms with Gasteiger partial charge < -0.3 is 11.5 Å². The first-order valence-corrected chi connectivity index (χ1v) is 5.68. The van der Waals surface area contributed by atoms with E-state index in [1.807, 2.05) is 0 Å². The van der Waals surface area contributed by atoms with Crippen molar-refractivity contribution in [3.8, 4) is 5.82 Å². The van der Waals surface area contributed by atoms with Gasteiger partial charge in [0.25, 0.3) is 0 Å². The maximum Gasteiger partial charge on any atom is 0.451 e. The van der Waals surface area contributed by atoms with Crippen LogP contribution in [0.3, 0.4) is 0 Å². The Bertz CT molecular complexity index is 824. The normalized spacial score (nSPS) is 12.0. The molecule has 7 nitrogen and oxygen atoms in total. The van der Waals surface area contributed by atoms with E-state index in [0.29, 0.717) is 5.39 Å². The van der Waals surface area contributed by atoms with Crippen molar-refractivity contribution in [2.24, 2.45) is 0 Å². The first-order chi connectivity index (χ1) is 9.86. The highest BCUT2D eigenvalue weighted by Crippen LogP contribution is 2.30. The smallest absolute Gasteiger partial charge is 0.368 e. The maximum absolute atomic E-state index is 12.9. The zero-order valence-corrected chi connectivity index (χ0v) is 10.3. The van der Waals surface area contributed by atoms with Crippen LogP contribution in [0.1, 0.15) is 5.82 Å². The Balaban J connectivity index is 2.37. The summed E-state index contributed by atoms with van der Waals surface area (Å²) in [5, 5.41) is 4.10. The number of anilines is 2.